The Kier molecular flexibility index (Phi) is 6.82. The van der Waals surface area contributed by atoms with E-state index in [0.29, 0.717) is 13.0 Å². The Labute approximate surface area is 144 Å². The second kappa shape index (κ2) is 9.08. The van der Waals surface area contributed by atoms with E-state index in [9.17, 15) is 4.79 Å². The molecule has 0 fully saturated rings. The number of aryl methyl sites for hydroxylation is 2. The lowest BCUT2D eigenvalue weighted by Gasteiger charge is -2.10. The van der Waals surface area contributed by atoms with Gasteiger partial charge in [-0.1, -0.05) is 30.3 Å². The summed E-state index contributed by atoms with van der Waals surface area (Å²) in [6.45, 7) is 5.50. The Bertz CT molecular complexity index is 683. The zero-order chi connectivity index (χ0) is 17.4. The van der Waals surface area contributed by atoms with Gasteiger partial charge in [0.1, 0.15) is 5.75 Å². The molecule has 2 rings (SSSR count). The largest absolute Gasteiger partial charge is 0.496 e. The van der Waals surface area contributed by atoms with Gasteiger partial charge in [0.15, 0.2) is 0 Å². The lowest BCUT2D eigenvalue weighted by atomic mass is 10.1. The lowest BCUT2D eigenvalue weighted by Crippen LogP contribution is -2.24. The number of benzene rings is 2. The molecule has 0 aliphatic heterocycles. The molecule has 0 radical (unpaired) electrons. The second-order valence-electron chi connectivity index (χ2n) is 5.93. The topological polar surface area (TPSA) is 50.4 Å². The zero-order valence-corrected chi connectivity index (χ0v) is 14.7. The highest BCUT2D eigenvalue weighted by atomic mass is 16.5. The highest BCUT2D eigenvalue weighted by Crippen LogP contribution is 2.17. The quantitative estimate of drug-likeness (QED) is 0.730. The zero-order valence-electron chi connectivity index (χ0n) is 14.7. The monoisotopic (exact) mass is 326 g/mol. The highest BCUT2D eigenvalue weighted by molar-refractivity contribution is 5.91. The number of hydrogen-bond donors (Lipinski definition) is 2. The summed E-state index contributed by atoms with van der Waals surface area (Å²) in [4.78, 5) is 12.0. The minimum absolute atomic E-state index is 0.0356. The maximum atomic E-state index is 12.0. The van der Waals surface area contributed by atoms with Crippen LogP contribution in [0.4, 0.5) is 5.69 Å². The van der Waals surface area contributed by atoms with Gasteiger partial charge in [-0.05, 0) is 55.6 Å². The Balaban J connectivity index is 1.70. The van der Waals surface area contributed by atoms with Gasteiger partial charge in [-0.25, -0.2) is 0 Å². The normalized spacial score (nSPS) is 10.5. The van der Waals surface area contributed by atoms with E-state index in [2.05, 4.69) is 16.7 Å². The molecule has 0 saturated carbocycles. The molecule has 2 aromatic carbocycles. The minimum atomic E-state index is 0.0356. The number of rotatable bonds is 8. The van der Waals surface area contributed by atoms with Gasteiger partial charge in [0.05, 0.1) is 7.11 Å². The van der Waals surface area contributed by atoms with Crippen molar-refractivity contribution >= 4 is 11.6 Å². The molecule has 0 atom stereocenters. The molecule has 2 N–H and O–H groups in total. The predicted molar refractivity (Wildman–Crippen MR) is 98.7 cm³/mol. The standard InChI is InChI=1S/C20H26N2O2/c1-15-8-9-16(2)18(14-15)22-20(23)11-13-21-12-10-17-6-4-5-7-19(17)24-3/h4-9,14,21H,10-13H2,1-3H3,(H,22,23). The van der Waals surface area contributed by atoms with Crippen LogP contribution in [0.15, 0.2) is 42.5 Å². The van der Waals surface area contributed by atoms with Crippen molar-refractivity contribution in [2.45, 2.75) is 26.7 Å². The van der Waals surface area contributed by atoms with Crippen molar-refractivity contribution in [2.75, 3.05) is 25.5 Å². The third-order valence-electron chi connectivity index (χ3n) is 3.96. The average Bonchev–Trinajstić information content (AvgIpc) is 2.58. The van der Waals surface area contributed by atoms with Crippen molar-refractivity contribution in [3.05, 3.63) is 59.2 Å². The van der Waals surface area contributed by atoms with Crippen LogP contribution in [-0.2, 0) is 11.2 Å². The Morgan fingerprint density at radius 3 is 2.67 bits per heavy atom. The Hall–Kier alpha value is -2.33. The fourth-order valence-corrected chi connectivity index (χ4v) is 2.54. The third kappa shape index (κ3) is 5.39. The first-order valence-corrected chi connectivity index (χ1v) is 8.30. The summed E-state index contributed by atoms with van der Waals surface area (Å²) in [6.07, 6.45) is 1.34. The summed E-state index contributed by atoms with van der Waals surface area (Å²) >= 11 is 0. The molecule has 0 aromatic heterocycles. The van der Waals surface area contributed by atoms with Crippen LogP contribution >= 0.6 is 0 Å². The number of methoxy groups -OCH3 is 1. The molecule has 0 aliphatic rings. The van der Waals surface area contributed by atoms with Crippen LogP contribution < -0.4 is 15.4 Å². The number of carbonyl (C=O) groups is 1. The molecule has 4 heteroatoms. The van der Waals surface area contributed by atoms with E-state index in [1.807, 2.05) is 50.2 Å². The van der Waals surface area contributed by atoms with Gasteiger partial charge in [0, 0.05) is 18.7 Å². The van der Waals surface area contributed by atoms with Gasteiger partial charge in [-0.2, -0.15) is 0 Å². The molecular weight excluding hydrogens is 300 g/mol. The van der Waals surface area contributed by atoms with Crippen molar-refractivity contribution in [1.82, 2.24) is 5.32 Å². The first-order valence-electron chi connectivity index (χ1n) is 8.30. The lowest BCUT2D eigenvalue weighted by molar-refractivity contribution is -0.116. The molecule has 0 spiro atoms. The molecule has 24 heavy (non-hydrogen) atoms. The van der Waals surface area contributed by atoms with Crippen LogP contribution in [0, 0.1) is 13.8 Å². The number of nitrogens with one attached hydrogen (secondary N) is 2. The van der Waals surface area contributed by atoms with E-state index >= 15 is 0 Å². The van der Waals surface area contributed by atoms with Gasteiger partial charge in [0.2, 0.25) is 5.91 Å². The molecule has 0 heterocycles. The maximum absolute atomic E-state index is 12.0. The van der Waals surface area contributed by atoms with Crippen LogP contribution in [0.5, 0.6) is 5.75 Å². The van der Waals surface area contributed by atoms with Crippen LogP contribution in [0.2, 0.25) is 0 Å². The predicted octanol–water partition coefficient (Wildman–Crippen LogP) is 3.47. The number of hydrogen-bond acceptors (Lipinski definition) is 3. The summed E-state index contributed by atoms with van der Waals surface area (Å²) in [6, 6.07) is 14.1. The SMILES string of the molecule is COc1ccccc1CCNCCC(=O)Nc1cc(C)ccc1C. The molecule has 1 amide bonds. The molecule has 0 saturated heterocycles. The fourth-order valence-electron chi connectivity index (χ4n) is 2.54. The molecule has 128 valence electrons. The maximum Gasteiger partial charge on any atom is 0.225 e. The molecular formula is C20H26N2O2. The van der Waals surface area contributed by atoms with Gasteiger partial charge >= 0.3 is 0 Å². The van der Waals surface area contributed by atoms with E-state index in [4.69, 9.17) is 4.74 Å². The summed E-state index contributed by atoms with van der Waals surface area (Å²) < 4.78 is 5.34. The van der Waals surface area contributed by atoms with E-state index in [0.717, 1.165) is 35.5 Å². The number of carbonyl (C=O) groups excluding carboxylic acids is 1. The number of amides is 1. The van der Waals surface area contributed by atoms with Gasteiger partial charge < -0.3 is 15.4 Å². The summed E-state index contributed by atoms with van der Waals surface area (Å²) in [5, 5.41) is 6.29. The molecule has 4 nitrogen and oxygen atoms in total. The summed E-state index contributed by atoms with van der Waals surface area (Å²) in [5.74, 6) is 0.945. The van der Waals surface area contributed by atoms with Gasteiger partial charge in [-0.15, -0.1) is 0 Å². The van der Waals surface area contributed by atoms with E-state index in [1.54, 1.807) is 7.11 Å². The smallest absolute Gasteiger partial charge is 0.225 e. The van der Waals surface area contributed by atoms with E-state index < -0.39 is 0 Å². The van der Waals surface area contributed by atoms with E-state index in [1.165, 1.54) is 5.56 Å². The van der Waals surface area contributed by atoms with Crippen molar-refractivity contribution < 1.29 is 9.53 Å². The van der Waals surface area contributed by atoms with Crippen LogP contribution in [0.3, 0.4) is 0 Å². The third-order valence-corrected chi connectivity index (χ3v) is 3.96. The summed E-state index contributed by atoms with van der Waals surface area (Å²) in [5.41, 5.74) is 4.30. The number of ether oxygens (including phenoxy) is 1. The first kappa shape index (κ1) is 18.0. The fraction of sp³-hybridized carbons (Fsp3) is 0.350. The van der Waals surface area contributed by atoms with Gasteiger partial charge in [-0.3, -0.25) is 4.79 Å². The van der Waals surface area contributed by atoms with Crippen LogP contribution in [0.25, 0.3) is 0 Å². The molecule has 0 bridgehead atoms. The van der Waals surface area contributed by atoms with Crippen molar-refractivity contribution in [3.63, 3.8) is 0 Å². The Morgan fingerprint density at radius 2 is 1.88 bits per heavy atom. The van der Waals surface area contributed by atoms with E-state index in [-0.39, 0.29) is 5.91 Å². The number of para-hydroxylation sites is 1. The number of anilines is 1. The highest BCUT2D eigenvalue weighted by Gasteiger charge is 2.05. The van der Waals surface area contributed by atoms with Crippen LogP contribution in [-0.4, -0.2) is 26.1 Å². The molecule has 0 unspecified atom stereocenters. The Morgan fingerprint density at radius 1 is 1.08 bits per heavy atom. The van der Waals surface area contributed by atoms with Crippen molar-refractivity contribution in [1.29, 1.82) is 0 Å². The minimum Gasteiger partial charge on any atom is -0.496 e. The van der Waals surface area contributed by atoms with Gasteiger partial charge in [0.25, 0.3) is 0 Å². The molecule has 0 aliphatic carbocycles. The summed E-state index contributed by atoms with van der Waals surface area (Å²) in [7, 11) is 1.68. The van der Waals surface area contributed by atoms with Crippen molar-refractivity contribution in [2.24, 2.45) is 0 Å². The molecule has 2 aromatic rings. The van der Waals surface area contributed by atoms with Crippen molar-refractivity contribution in [3.8, 4) is 5.75 Å². The van der Waals surface area contributed by atoms with Crippen LogP contribution in [0.1, 0.15) is 23.1 Å². The average molecular weight is 326 g/mol. The first-order chi connectivity index (χ1) is 11.6. The second-order valence-corrected chi connectivity index (χ2v) is 5.93.